The van der Waals surface area contributed by atoms with Gasteiger partial charge < -0.3 is 9.30 Å². The summed E-state index contributed by atoms with van der Waals surface area (Å²) in [4.78, 5) is 7.30. The molecule has 2 bridgehead atoms. The van der Waals surface area contributed by atoms with Gasteiger partial charge in [0.25, 0.3) is 0 Å². The largest absolute Gasteiger partial charge is 0.467 e. The SMILES string of the molecule is Cn1cc(C2=NC[C@]3(CN4CC[C@@H]3C4)O2)c2ccccc21. The molecule has 0 radical (unpaired) electrons. The average Bonchev–Trinajstić information content (AvgIpc) is 3.24. The van der Waals surface area contributed by atoms with Crippen molar-refractivity contribution in [1.82, 2.24) is 9.47 Å². The van der Waals surface area contributed by atoms with E-state index in [4.69, 9.17) is 9.73 Å². The number of piperidine rings is 1. The number of aryl methyl sites for hydroxylation is 1. The van der Waals surface area contributed by atoms with Crippen molar-refractivity contribution in [3.63, 3.8) is 0 Å². The Kier molecular flexibility index (Phi) is 2.19. The molecule has 4 heteroatoms. The van der Waals surface area contributed by atoms with Gasteiger partial charge in [-0.1, -0.05) is 18.2 Å². The van der Waals surface area contributed by atoms with Crippen molar-refractivity contribution in [3.8, 4) is 0 Å². The average molecular weight is 281 g/mol. The van der Waals surface area contributed by atoms with E-state index in [0.717, 1.165) is 24.6 Å². The summed E-state index contributed by atoms with van der Waals surface area (Å²) in [6.07, 6.45) is 3.41. The molecular formula is C17H19N3O. The summed E-state index contributed by atoms with van der Waals surface area (Å²) in [6, 6.07) is 8.47. The van der Waals surface area contributed by atoms with Crippen molar-refractivity contribution >= 4 is 16.8 Å². The van der Waals surface area contributed by atoms with Crippen molar-refractivity contribution in [3.05, 3.63) is 36.0 Å². The highest BCUT2D eigenvalue weighted by Gasteiger charge is 2.54. The third-order valence-corrected chi connectivity index (χ3v) is 5.43. The van der Waals surface area contributed by atoms with Crippen molar-refractivity contribution in [2.24, 2.45) is 18.0 Å². The maximum absolute atomic E-state index is 6.45. The molecule has 1 aromatic carbocycles. The lowest BCUT2D eigenvalue weighted by Gasteiger charge is -2.32. The maximum Gasteiger partial charge on any atom is 0.219 e. The van der Waals surface area contributed by atoms with Crippen molar-refractivity contribution in [2.45, 2.75) is 12.0 Å². The highest BCUT2D eigenvalue weighted by molar-refractivity contribution is 6.07. The molecule has 21 heavy (non-hydrogen) atoms. The zero-order valence-electron chi connectivity index (χ0n) is 12.2. The Morgan fingerprint density at radius 1 is 1.33 bits per heavy atom. The third-order valence-electron chi connectivity index (χ3n) is 5.43. The molecule has 4 nitrogen and oxygen atoms in total. The first kappa shape index (κ1) is 11.8. The number of rotatable bonds is 1. The first-order valence-electron chi connectivity index (χ1n) is 7.75. The Morgan fingerprint density at radius 2 is 2.24 bits per heavy atom. The van der Waals surface area contributed by atoms with E-state index in [2.05, 4.69) is 47.0 Å². The molecule has 2 aromatic rings. The van der Waals surface area contributed by atoms with Crippen LogP contribution in [-0.2, 0) is 11.8 Å². The van der Waals surface area contributed by atoms with Gasteiger partial charge in [0.05, 0.1) is 12.1 Å². The van der Waals surface area contributed by atoms with Crippen LogP contribution >= 0.6 is 0 Å². The fraction of sp³-hybridized carbons (Fsp3) is 0.471. The van der Waals surface area contributed by atoms with E-state index in [1.54, 1.807) is 0 Å². The van der Waals surface area contributed by atoms with E-state index >= 15 is 0 Å². The summed E-state index contributed by atoms with van der Waals surface area (Å²) in [7, 11) is 2.08. The Hall–Kier alpha value is -1.81. The molecular weight excluding hydrogens is 262 g/mol. The maximum atomic E-state index is 6.45. The molecule has 0 aliphatic carbocycles. The number of hydrogen-bond donors (Lipinski definition) is 0. The lowest BCUT2D eigenvalue weighted by atomic mass is 9.88. The molecule has 5 rings (SSSR count). The van der Waals surface area contributed by atoms with E-state index in [1.807, 2.05) is 0 Å². The van der Waals surface area contributed by atoms with Crippen LogP contribution in [-0.4, -0.2) is 47.1 Å². The highest BCUT2D eigenvalue weighted by atomic mass is 16.5. The fourth-order valence-electron chi connectivity index (χ4n) is 4.32. The minimum absolute atomic E-state index is 0.0372. The summed E-state index contributed by atoms with van der Waals surface area (Å²) >= 11 is 0. The number of ether oxygens (including phenoxy) is 1. The number of para-hydroxylation sites is 1. The van der Waals surface area contributed by atoms with Gasteiger partial charge in [0.2, 0.25) is 5.90 Å². The van der Waals surface area contributed by atoms with Crippen LogP contribution in [0.25, 0.3) is 10.9 Å². The molecule has 1 aromatic heterocycles. The molecule has 2 fully saturated rings. The Bertz CT molecular complexity index is 762. The molecule has 108 valence electrons. The zero-order valence-corrected chi connectivity index (χ0v) is 12.2. The molecule has 0 saturated carbocycles. The van der Waals surface area contributed by atoms with Crippen LogP contribution in [0.15, 0.2) is 35.5 Å². The van der Waals surface area contributed by atoms with E-state index in [-0.39, 0.29) is 5.60 Å². The van der Waals surface area contributed by atoms with Gasteiger partial charge in [-0.3, -0.25) is 4.90 Å². The van der Waals surface area contributed by atoms with E-state index in [9.17, 15) is 0 Å². The van der Waals surface area contributed by atoms with Crippen LogP contribution < -0.4 is 0 Å². The zero-order chi connectivity index (χ0) is 14.0. The number of benzene rings is 1. The van der Waals surface area contributed by atoms with Gasteiger partial charge in [-0.25, -0.2) is 4.99 Å². The molecule has 2 saturated heterocycles. The number of hydrogen-bond acceptors (Lipinski definition) is 3. The molecule has 1 unspecified atom stereocenters. The quantitative estimate of drug-likeness (QED) is 0.800. The molecule has 3 atom stereocenters. The second kappa shape index (κ2) is 3.89. The summed E-state index contributed by atoms with van der Waals surface area (Å²) in [6.45, 7) is 4.31. The fourth-order valence-corrected chi connectivity index (χ4v) is 4.32. The minimum atomic E-state index is -0.0372. The van der Waals surface area contributed by atoms with Gasteiger partial charge in [0.15, 0.2) is 0 Å². The monoisotopic (exact) mass is 281 g/mol. The van der Waals surface area contributed by atoms with Gasteiger partial charge in [-0.2, -0.15) is 0 Å². The van der Waals surface area contributed by atoms with Crippen LogP contribution in [0, 0.1) is 5.92 Å². The minimum Gasteiger partial charge on any atom is -0.467 e. The molecule has 4 heterocycles. The molecule has 0 N–H and O–H groups in total. The van der Waals surface area contributed by atoms with Gasteiger partial charge in [-0.05, 0) is 19.0 Å². The van der Waals surface area contributed by atoms with Crippen LogP contribution in [0.4, 0.5) is 0 Å². The second-order valence-corrected chi connectivity index (χ2v) is 6.68. The molecule has 1 spiro atoms. The predicted molar refractivity (Wildman–Crippen MR) is 82.7 cm³/mol. The van der Waals surface area contributed by atoms with E-state index in [0.29, 0.717) is 5.92 Å². The lowest BCUT2D eigenvalue weighted by molar-refractivity contribution is 0.0371. The van der Waals surface area contributed by atoms with Crippen LogP contribution in [0.2, 0.25) is 0 Å². The first-order valence-corrected chi connectivity index (χ1v) is 7.75. The topological polar surface area (TPSA) is 29.8 Å². The van der Waals surface area contributed by atoms with Crippen LogP contribution in [0.5, 0.6) is 0 Å². The Morgan fingerprint density at radius 3 is 3.05 bits per heavy atom. The van der Waals surface area contributed by atoms with Crippen molar-refractivity contribution < 1.29 is 4.74 Å². The number of aromatic nitrogens is 1. The first-order chi connectivity index (χ1) is 10.3. The summed E-state index contributed by atoms with van der Waals surface area (Å²) in [5.74, 6) is 1.51. The summed E-state index contributed by atoms with van der Waals surface area (Å²) < 4.78 is 8.60. The number of aliphatic imine (C=N–C) groups is 1. The lowest BCUT2D eigenvalue weighted by Crippen LogP contribution is -2.45. The molecule has 3 aliphatic heterocycles. The Balaban J connectivity index is 1.54. The normalized spacial score (nSPS) is 33.9. The second-order valence-electron chi connectivity index (χ2n) is 6.68. The van der Waals surface area contributed by atoms with E-state index < -0.39 is 0 Å². The third kappa shape index (κ3) is 1.51. The predicted octanol–water partition coefficient (Wildman–Crippen LogP) is 2.03. The summed E-state index contributed by atoms with van der Waals surface area (Å²) in [5, 5.41) is 1.24. The Labute approximate surface area is 124 Å². The van der Waals surface area contributed by atoms with Gasteiger partial charge >= 0.3 is 0 Å². The number of nitrogens with zero attached hydrogens (tertiary/aromatic N) is 3. The molecule has 3 aliphatic rings. The van der Waals surface area contributed by atoms with Crippen LogP contribution in [0.1, 0.15) is 12.0 Å². The highest BCUT2D eigenvalue weighted by Crippen LogP contribution is 2.42. The van der Waals surface area contributed by atoms with E-state index in [1.165, 1.54) is 30.4 Å². The van der Waals surface area contributed by atoms with Crippen molar-refractivity contribution in [1.29, 1.82) is 0 Å². The smallest absolute Gasteiger partial charge is 0.219 e. The summed E-state index contributed by atoms with van der Waals surface area (Å²) in [5.41, 5.74) is 2.34. The standard InChI is InChI=1S/C17H19N3O/c1-19-9-14(13-4-2-3-5-15(13)19)16-18-10-17(21-16)11-20-7-6-12(17)8-20/h2-5,9,12H,6-8,10-11H2,1H3/t12-,17-/m1/s1. The number of fused-ring (bicyclic) bond motifs is 4. The van der Waals surface area contributed by atoms with Gasteiger partial charge in [0.1, 0.15) is 5.60 Å². The van der Waals surface area contributed by atoms with Crippen molar-refractivity contribution in [2.75, 3.05) is 26.2 Å². The van der Waals surface area contributed by atoms with Gasteiger partial charge in [-0.15, -0.1) is 0 Å². The molecule has 0 amide bonds. The van der Waals surface area contributed by atoms with Crippen LogP contribution in [0.3, 0.4) is 0 Å². The van der Waals surface area contributed by atoms with Gasteiger partial charge in [0, 0.05) is 43.2 Å².